The van der Waals surface area contributed by atoms with E-state index in [1.54, 1.807) is 18.2 Å². The fourth-order valence-electron chi connectivity index (χ4n) is 3.25. The van der Waals surface area contributed by atoms with Gasteiger partial charge in [-0.3, -0.25) is 14.5 Å². The highest BCUT2D eigenvalue weighted by molar-refractivity contribution is 6.36. The average molecular weight is 446 g/mol. The highest BCUT2D eigenvalue weighted by Gasteiger charge is 2.39. The highest BCUT2D eigenvalue weighted by Crippen LogP contribution is 2.35. The van der Waals surface area contributed by atoms with E-state index in [2.05, 4.69) is 5.32 Å². The molecule has 170 valence electrons. The number of carbonyl (C=O) groups excluding carboxylic acids is 2. The average Bonchev–Trinajstić information content (AvgIpc) is 2.99. The van der Waals surface area contributed by atoms with Crippen LogP contribution in [0.25, 0.3) is 5.57 Å². The maximum atomic E-state index is 13.7. The third kappa shape index (κ3) is 4.72. The lowest BCUT2D eigenvalue weighted by Crippen LogP contribution is -2.35. The van der Waals surface area contributed by atoms with Gasteiger partial charge in [0.2, 0.25) is 0 Å². The van der Waals surface area contributed by atoms with Crippen molar-refractivity contribution in [1.29, 1.82) is 0 Å². The molecule has 0 atom stereocenters. The Balaban J connectivity index is 2.03. The number of nitrogens with one attached hydrogen (secondary N) is 1. The minimum absolute atomic E-state index is 0.0373. The first-order valence-electron chi connectivity index (χ1n) is 9.93. The van der Waals surface area contributed by atoms with Crippen molar-refractivity contribution in [2.75, 3.05) is 32.7 Å². The molecule has 32 heavy (non-hydrogen) atoms. The first kappa shape index (κ1) is 23.2. The Bertz CT molecular complexity index is 1070. The zero-order valence-corrected chi connectivity index (χ0v) is 18.2. The molecule has 7 nitrogen and oxygen atoms in total. The lowest BCUT2D eigenvalue weighted by Gasteiger charge is -2.16. The van der Waals surface area contributed by atoms with E-state index in [4.69, 9.17) is 14.2 Å². The van der Waals surface area contributed by atoms with E-state index in [1.165, 1.54) is 20.3 Å². The molecule has 9 heteroatoms. The number of rotatable bonds is 9. The SMILES string of the molecule is COc1ccc(C2=C(Nc3ccc(F)c(F)c3)C(=O)N(CCOC(C)C)C2=O)cc1OC. The Kier molecular flexibility index (Phi) is 7.09. The molecule has 2 aromatic carbocycles. The molecule has 2 amide bonds. The molecule has 0 aliphatic carbocycles. The van der Waals surface area contributed by atoms with Gasteiger partial charge in [-0.25, -0.2) is 8.78 Å². The van der Waals surface area contributed by atoms with Crippen molar-refractivity contribution in [1.82, 2.24) is 4.90 Å². The molecule has 0 radical (unpaired) electrons. The number of nitrogens with zero attached hydrogens (tertiary/aromatic N) is 1. The third-order valence-corrected chi connectivity index (χ3v) is 4.80. The third-order valence-electron chi connectivity index (χ3n) is 4.80. The fraction of sp³-hybridized carbons (Fsp3) is 0.304. The molecule has 1 aliphatic heterocycles. The van der Waals surface area contributed by atoms with Gasteiger partial charge in [-0.05, 0) is 43.7 Å². The summed E-state index contributed by atoms with van der Waals surface area (Å²) >= 11 is 0. The second-order valence-corrected chi connectivity index (χ2v) is 7.26. The van der Waals surface area contributed by atoms with Crippen LogP contribution in [0.4, 0.5) is 14.5 Å². The van der Waals surface area contributed by atoms with E-state index < -0.39 is 23.4 Å². The molecule has 0 unspecified atom stereocenters. The monoisotopic (exact) mass is 446 g/mol. The number of halogens is 2. The molecular formula is C23H24F2N2O5. The van der Waals surface area contributed by atoms with Crippen molar-refractivity contribution in [2.24, 2.45) is 0 Å². The summed E-state index contributed by atoms with van der Waals surface area (Å²) in [5.41, 5.74) is 0.541. The van der Waals surface area contributed by atoms with Crippen molar-refractivity contribution in [2.45, 2.75) is 20.0 Å². The summed E-state index contributed by atoms with van der Waals surface area (Å²) in [4.78, 5) is 27.4. The number of methoxy groups -OCH3 is 2. The van der Waals surface area contributed by atoms with E-state index in [0.717, 1.165) is 17.0 Å². The van der Waals surface area contributed by atoms with E-state index in [-0.39, 0.29) is 36.2 Å². The molecule has 1 N–H and O–H groups in total. The molecule has 3 rings (SSSR count). The van der Waals surface area contributed by atoms with Gasteiger partial charge in [-0.2, -0.15) is 0 Å². The Morgan fingerprint density at radius 2 is 1.66 bits per heavy atom. The van der Waals surface area contributed by atoms with Crippen LogP contribution in [0.3, 0.4) is 0 Å². The number of hydrogen-bond acceptors (Lipinski definition) is 6. The smallest absolute Gasteiger partial charge is 0.278 e. The molecule has 0 bridgehead atoms. The molecule has 0 aromatic heterocycles. The van der Waals surface area contributed by atoms with E-state index in [9.17, 15) is 18.4 Å². The second-order valence-electron chi connectivity index (χ2n) is 7.26. The molecule has 0 spiro atoms. The minimum Gasteiger partial charge on any atom is -0.493 e. The molecule has 1 aliphatic rings. The van der Waals surface area contributed by atoms with Gasteiger partial charge in [0.05, 0.1) is 39.0 Å². The van der Waals surface area contributed by atoms with Crippen molar-refractivity contribution >= 4 is 23.1 Å². The van der Waals surface area contributed by atoms with E-state index in [1.807, 2.05) is 13.8 Å². The van der Waals surface area contributed by atoms with Crippen LogP contribution in [-0.2, 0) is 14.3 Å². The Labute approximate surface area is 184 Å². The van der Waals surface area contributed by atoms with Crippen LogP contribution in [-0.4, -0.2) is 50.2 Å². The largest absolute Gasteiger partial charge is 0.493 e. The van der Waals surface area contributed by atoms with Crippen LogP contribution in [0.1, 0.15) is 19.4 Å². The van der Waals surface area contributed by atoms with Crippen molar-refractivity contribution in [3.63, 3.8) is 0 Å². The van der Waals surface area contributed by atoms with Crippen LogP contribution in [0, 0.1) is 11.6 Å². The van der Waals surface area contributed by atoms with Crippen molar-refractivity contribution in [3.05, 3.63) is 59.3 Å². The highest BCUT2D eigenvalue weighted by atomic mass is 19.2. The quantitative estimate of drug-likeness (QED) is 0.594. The number of ether oxygens (including phenoxy) is 3. The number of hydrogen-bond donors (Lipinski definition) is 1. The maximum absolute atomic E-state index is 13.7. The molecule has 0 saturated heterocycles. The molecular weight excluding hydrogens is 422 g/mol. The van der Waals surface area contributed by atoms with E-state index in [0.29, 0.717) is 17.1 Å². The number of carbonyl (C=O) groups is 2. The van der Waals surface area contributed by atoms with Crippen LogP contribution in [0.2, 0.25) is 0 Å². The summed E-state index contributed by atoms with van der Waals surface area (Å²) in [5, 5.41) is 2.78. The zero-order chi connectivity index (χ0) is 23.4. The lowest BCUT2D eigenvalue weighted by molar-refractivity contribution is -0.137. The van der Waals surface area contributed by atoms with Crippen LogP contribution >= 0.6 is 0 Å². The zero-order valence-electron chi connectivity index (χ0n) is 18.2. The molecule has 0 saturated carbocycles. The van der Waals surface area contributed by atoms with Crippen LogP contribution in [0.5, 0.6) is 11.5 Å². The van der Waals surface area contributed by atoms with E-state index >= 15 is 0 Å². The van der Waals surface area contributed by atoms with Gasteiger partial charge >= 0.3 is 0 Å². The molecule has 0 fully saturated rings. The topological polar surface area (TPSA) is 77.1 Å². The second kappa shape index (κ2) is 9.78. The standard InChI is InChI=1S/C23H24F2N2O5/c1-13(2)32-10-9-27-22(28)20(14-5-8-18(30-3)19(11-14)31-4)21(23(27)29)26-15-6-7-16(24)17(25)12-15/h5-8,11-13,26H,9-10H2,1-4H3. The molecule has 2 aromatic rings. The Morgan fingerprint density at radius 3 is 2.28 bits per heavy atom. The van der Waals surface area contributed by atoms with Gasteiger partial charge in [0.25, 0.3) is 11.8 Å². The summed E-state index contributed by atoms with van der Waals surface area (Å²) in [5.74, 6) is -2.43. The first-order valence-corrected chi connectivity index (χ1v) is 9.93. The van der Waals surface area contributed by atoms with Crippen LogP contribution < -0.4 is 14.8 Å². The lowest BCUT2D eigenvalue weighted by atomic mass is 10.0. The van der Waals surface area contributed by atoms with Crippen molar-refractivity contribution in [3.8, 4) is 11.5 Å². The Hall–Kier alpha value is -3.46. The Morgan fingerprint density at radius 1 is 0.938 bits per heavy atom. The first-order chi connectivity index (χ1) is 15.3. The van der Waals surface area contributed by atoms with Crippen molar-refractivity contribution < 1.29 is 32.6 Å². The summed E-state index contributed by atoms with van der Waals surface area (Å²) in [6.07, 6.45) is -0.0686. The van der Waals surface area contributed by atoms with Gasteiger partial charge in [-0.1, -0.05) is 6.07 Å². The summed E-state index contributed by atoms with van der Waals surface area (Å²) in [6, 6.07) is 7.92. The van der Waals surface area contributed by atoms with Crippen LogP contribution in [0.15, 0.2) is 42.1 Å². The fourth-order valence-corrected chi connectivity index (χ4v) is 3.25. The van der Waals surface area contributed by atoms with Gasteiger partial charge in [0.15, 0.2) is 23.1 Å². The number of anilines is 1. The molecule has 1 heterocycles. The summed E-state index contributed by atoms with van der Waals surface area (Å²) in [7, 11) is 2.93. The van der Waals surface area contributed by atoms with Gasteiger partial charge in [0, 0.05) is 11.8 Å². The number of benzene rings is 2. The normalized spacial score (nSPS) is 13.9. The number of imide groups is 1. The minimum atomic E-state index is -1.08. The summed E-state index contributed by atoms with van der Waals surface area (Å²) in [6.45, 7) is 3.89. The van der Waals surface area contributed by atoms with Gasteiger partial charge < -0.3 is 19.5 Å². The predicted octanol–water partition coefficient (Wildman–Crippen LogP) is 3.60. The maximum Gasteiger partial charge on any atom is 0.278 e. The van der Waals surface area contributed by atoms with Gasteiger partial charge in [0.1, 0.15) is 5.70 Å². The predicted molar refractivity (Wildman–Crippen MR) is 114 cm³/mol. The van der Waals surface area contributed by atoms with Gasteiger partial charge in [-0.15, -0.1) is 0 Å². The summed E-state index contributed by atoms with van der Waals surface area (Å²) < 4.78 is 43.1. The number of amides is 2.